The van der Waals surface area contributed by atoms with Crippen molar-refractivity contribution >= 4 is 5.97 Å². The zero-order chi connectivity index (χ0) is 10.8. The summed E-state index contributed by atoms with van der Waals surface area (Å²) in [6, 6.07) is 0. The lowest BCUT2D eigenvalue weighted by Crippen LogP contribution is -2.45. The molecule has 0 aliphatic heterocycles. The minimum atomic E-state index is -0.277. The van der Waals surface area contributed by atoms with Crippen LogP contribution in [0.5, 0.6) is 0 Å². The normalized spacial score (nSPS) is 31.1. The number of rotatable bonds is 2. The van der Waals surface area contributed by atoms with E-state index in [1.165, 1.54) is 6.42 Å². The second kappa shape index (κ2) is 3.92. The predicted molar refractivity (Wildman–Crippen MR) is 57.0 cm³/mol. The number of esters is 1. The first kappa shape index (κ1) is 11.5. The Morgan fingerprint density at radius 3 is 2.29 bits per heavy atom. The van der Waals surface area contributed by atoms with Gasteiger partial charge in [0.25, 0.3) is 0 Å². The van der Waals surface area contributed by atoms with Crippen molar-refractivity contribution in [3.05, 3.63) is 0 Å². The second-order valence-electron chi connectivity index (χ2n) is 5.14. The molecule has 1 aliphatic rings. The fourth-order valence-electron chi connectivity index (χ4n) is 2.33. The minimum Gasteiger partial charge on any atom is -0.466 e. The van der Waals surface area contributed by atoms with Crippen LogP contribution >= 0.6 is 0 Å². The van der Waals surface area contributed by atoms with Gasteiger partial charge >= 0.3 is 5.97 Å². The summed E-state index contributed by atoms with van der Waals surface area (Å²) in [6.07, 6.45) is 4.49. The van der Waals surface area contributed by atoms with Crippen molar-refractivity contribution in [1.29, 1.82) is 0 Å². The minimum absolute atomic E-state index is 0.00954. The van der Waals surface area contributed by atoms with Crippen molar-refractivity contribution in [1.82, 2.24) is 0 Å². The summed E-state index contributed by atoms with van der Waals surface area (Å²) in [7, 11) is 0. The molecule has 1 saturated carbocycles. The maximum atomic E-state index is 11.9. The van der Waals surface area contributed by atoms with Crippen LogP contribution in [0.25, 0.3) is 0 Å². The average Bonchev–Trinajstić information content (AvgIpc) is 2.10. The van der Waals surface area contributed by atoms with E-state index in [1.54, 1.807) is 0 Å². The summed E-state index contributed by atoms with van der Waals surface area (Å²) in [6.45, 7) is 8.79. The van der Waals surface area contributed by atoms with Gasteiger partial charge < -0.3 is 4.74 Å². The van der Waals surface area contributed by atoms with Gasteiger partial charge in [-0.15, -0.1) is 0 Å². The van der Waals surface area contributed by atoms with Gasteiger partial charge in [-0.2, -0.15) is 0 Å². The summed E-state index contributed by atoms with van der Waals surface area (Å²) in [4.78, 5) is 11.9. The summed E-state index contributed by atoms with van der Waals surface area (Å²) in [5.74, 6) is -0.00954. The van der Waals surface area contributed by atoms with E-state index < -0.39 is 0 Å². The fourth-order valence-corrected chi connectivity index (χ4v) is 2.33. The molecule has 0 radical (unpaired) electrons. The molecule has 0 aromatic carbocycles. The van der Waals surface area contributed by atoms with Crippen LogP contribution in [0.2, 0.25) is 0 Å². The van der Waals surface area contributed by atoms with Gasteiger partial charge in [-0.25, -0.2) is 0 Å². The molecular weight excluding hydrogens is 176 g/mol. The zero-order valence-electron chi connectivity index (χ0n) is 9.85. The van der Waals surface area contributed by atoms with Crippen molar-refractivity contribution < 1.29 is 9.53 Å². The molecule has 1 rings (SSSR count). The highest BCUT2D eigenvalue weighted by Crippen LogP contribution is 2.50. The van der Waals surface area contributed by atoms with Crippen molar-refractivity contribution in [2.24, 2.45) is 10.8 Å². The zero-order valence-corrected chi connectivity index (χ0v) is 9.85. The Labute approximate surface area is 87.0 Å². The molecule has 0 amide bonds. The number of carbonyl (C=O) groups is 1. The van der Waals surface area contributed by atoms with Gasteiger partial charge in [-0.3, -0.25) is 4.79 Å². The molecule has 0 spiro atoms. The molecule has 2 nitrogen and oxygen atoms in total. The molecule has 1 atom stereocenters. The smallest absolute Gasteiger partial charge is 0.312 e. The van der Waals surface area contributed by atoms with E-state index in [0.29, 0.717) is 6.61 Å². The molecule has 14 heavy (non-hydrogen) atoms. The largest absolute Gasteiger partial charge is 0.466 e. The van der Waals surface area contributed by atoms with Gasteiger partial charge in [0, 0.05) is 0 Å². The van der Waals surface area contributed by atoms with Crippen LogP contribution in [-0.2, 0) is 9.53 Å². The lowest BCUT2D eigenvalue weighted by molar-refractivity contribution is -0.165. The summed E-state index contributed by atoms with van der Waals surface area (Å²) in [5.41, 5.74) is -0.196. The fraction of sp³-hybridized carbons (Fsp3) is 0.917. The number of hydrogen-bond acceptors (Lipinski definition) is 2. The van der Waals surface area contributed by atoms with Crippen molar-refractivity contribution in [2.75, 3.05) is 6.61 Å². The summed E-state index contributed by atoms with van der Waals surface area (Å²) >= 11 is 0. The van der Waals surface area contributed by atoms with Crippen molar-refractivity contribution in [3.8, 4) is 0 Å². The first-order chi connectivity index (χ1) is 6.44. The van der Waals surface area contributed by atoms with Crippen LogP contribution < -0.4 is 0 Å². The molecule has 0 heterocycles. The SMILES string of the molecule is CCOC(=O)C1(C)CCCCC1(C)C. The van der Waals surface area contributed by atoms with E-state index >= 15 is 0 Å². The topological polar surface area (TPSA) is 26.3 Å². The molecule has 1 aliphatic carbocycles. The van der Waals surface area contributed by atoms with E-state index in [4.69, 9.17) is 4.74 Å². The van der Waals surface area contributed by atoms with E-state index in [-0.39, 0.29) is 16.8 Å². The van der Waals surface area contributed by atoms with Crippen LogP contribution in [0.4, 0.5) is 0 Å². The lowest BCUT2D eigenvalue weighted by Gasteiger charge is -2.45. The Bertz CT molecular complexity index is 220. The number of carbonyl (C=O) groups excluding carboxylic acids is 1. The molecule has 2 heteroatoms. The molecule has 82 valence electrons. The van der Waals surface area contributed by atoms with Gasteiger partial charge in [0.1, 0.15) is 0 Å². The average molecular weight is 198 g/mol. The lowest BCUT2D eigenvalue weighted by atomic mass is 9.59. The molecule has 0 aromatic heterocycles. The maximum Gasteiger partial charge on any atom is 0.312 e. The molecule has 0 aromatic rings. The second-order valence-corrected chi connectivity index (χ2v) is 5.14. The third kappa shape index (κ3) is 1.79. The highest BCUT2D eigenvalue weighted by Gasteiger charge is 2.49. The third-order valence-corrected chi connectivity index (χ3v) is 3.95. The number of ether oxygens (including phenoxy) is 1. The highest BCUT2D eigenvalue weighted by atomic mass is 16.5. The Morgan fingerprint density at radius 1 is 1.21 bits per heavy atom. The van der Waals surface area contributed by atoms with Gasteiger partial charge in [-0.05, 0) is 32.1 Å². The van der Waals surface area contributed by atoms with Gasteiger partial charge in [0.2, 0.25) is 0 Å². The quantitative estimate of drug-likeness (QED) is 0.637. The third-order valence-electron chi connectivity index (χ3n) is 3.95. The van der Waals surface area contributed by atoms with Gasteiger partial charge in [-0.1, -0.05) is 26.7 Å². The van der Waals surface area contributed by atoms with Crippen molar-refractivity contribution in [3.63, 3.8) is 0 Å². The van der Waals surface area contributed by atoms with E-state index in [2.05, 4.69) is 20.8 Å². The van der Waals surface area contributed by atoms with Crippen molar-refractivity contribution in [2.45, 2.75) is 53.4 Å². The maximum absolute atomic E-state index is 11.9. The van der Waals surface area contributed by atoms with Gasteiger partial charge in [0.05, 0.1) is 12.0 Å². The summed E-state index contributed by atoms with van der Waals surface area (Å²) < 4.78 is 5.18. The molecular formula is C12H22O2. The van der Waals surface area contributed by atoms with E-state index in [0.717, 1.165) is 19.3 Å². The predicted octanol–water partition coefficient (Wildman–Crippen LogP) is 3.16. The molecule has 0 bridgehead atoms. The Kier molecular flexibility index (Phi) is 3.23. The Hall–Kier alpha value is -0.530. The summed E-state index contributed by atoms with van der Waals surface area (Å²) in [5, 5.41) is 0. The molecule has 0 N–H and O–H groups in total. The number of hydrogen-bond donors (Lipinski definition) is 0. The monoisotopic (exact) mass is 198 g/mol. The van der Waals surface area contributed by atoms with E-state index in [9.17, 15) is 4.79 Å². The highest BCUT2D eigenvalue weighted by molar-refractivity contribution is 5.77. The standard InChI is InChI=1S/C12H22O2/c1-5-14-10(13)12(4)9-7-6-8-11(12,2)3/h5-9H2,1-4H3. The van der Waals surface area contributed by atoms with Crippen LogP contribution in [0, 0.1) is 10.8 Å². The first-order valence-corrected chi connectivity index (χ1v) is 5.61. The van der Waals surface area contributed by atoms with Gasteiger partial charge in [0.15, 0.2) is 0 Å². The Morgan fingerprint density at radius 2 is 1.79 bits per heavy atom. The van der Waals surface area contributed by atoms with Crippen LogP contribution in [0.3, 0.4) is 0 Å². The molecule has 1 fully saturated rings. The van der Waals surface area contributed by atoms with Crippen LogP contribution in [-0.4, -0.2) is 12.6 Å². The molecule has 0 saturated heterocycles. The van der Waals surface area contributed by atoms with E-state index in [1.807, 2.05) is 6.92 Å². The molecule has 1 unspecified atom stereocenters. The van der Waals surface area contributed by atoms with Crippen LogP contribution in [0.15, 0.2) is 0 Å². The van der Waals surface area contributed by atoms with Crippen LogP contribution in [0.1, 0.15) is 53.4 Å². The first-order valence-electron chi connectivity index (χ1n) is 5.61. The Balaban J connectivity index is 2.83.